The molecule has 0 saturated carbocycles. The molecule has 0 radical (unpaired) electrons. The molecule has 0 amide bonds. The maximum atomic E-state index is 6.37. The van der Waals surface area contributed by atoms with Crippen LogP contribution in [0.1, 0.15) is 35.5 Å². The predicted octanol–water partition coefficient (Wildman–Crippen LogP) is 4.24. The summed E-state index contributed by atoms with van der Waals surface area (Å²) in [5, 5.41) is 9.45. The third kappa shape index (κ3) is 3.60. The summed E-state index contributed by atoms with van der Waals surface area (Å²) < 4.78 is 1.87. The topological polar surface area (TPSA) is 29.9 Å². The second-order valence-electron chi connectivity index (χ2n) is 5.29. The van der Waals surface area contributed by atoms with Crippen LogP contribution >= 0.6 is 23.2 Å². The SMILES string of the molecule is CCNC(Cc1c(Cl)c(C)nn1C)c1ccc(Cl)c(C)c1. The molecule has 3 nitrogen and oxygen atoms in total. The van der Waals surface area contributed by atoms with E-state index in [0.717, 1.165) is 40.0 Å². The maximum Gasteiger partial charge on any atom is 0.0847 e. The first-order valence-electron chi connectivity index (χ1n) is 7.11. The summed E-state index contributed by atoms with van der Waals surface area (Å²) in [6.07, 6.45) is 0.797. The Balaban J connectivity index is 2.32. The van der Waals surface area contributed by atoms with Gasteiger partial charge in [-0.25, -0.2) is 0 Å². The molecular weight excluding hydrogens is 305 g/mol. The number of nitrogens with one attached hydrogen (secondary N) is 1. The number of halogens is 2. The van der Waals surface area contributed by atoms with Crippen molar-refractivity contribution >= 4 is 23.2 Å². The number of likely N-dealkylation sites (N-methyl/N-ethyl adjacent to an activating group) is 1. The first-order valence-corrected chi connectivity index (χ1v) is 7.87. The lowest BCUT2D eigenvalue weighted by Crippen LogP contribution is -2.24. The van der Waals surface area contributed by atoms with Gasteiger partial charge in [-0.1, -0.05) is 42.3 Å². The van der Waals surface area contributed by atoms with Gasteiger partial charge in [-0.3, -0.25) is 4.68 Å². The quantitative estimate of drug-likeness (QED) is 0.891. The van der Waals surface area contributed by atoms with E-state index in [1.54, 1.807) is 0 Å². The largest absolute Gasteiger partial charge is 0.310 e. The molecule has 1 heterocycles. The Bertz CT molecular complexity index is 635. The van der Waals surface area contributed by atoms with Crippen LogP contribution in [0.15, 0.2) is 18.2 Å². The van der Waals surface area contributed by atoms with E-state index in [0.29, 0.717) is 0 Å². The Morgan fingerprint density at radius 2 is 2.00 bits per heavy atom. The summed E-state index contributed by atoms with van der Waals surface area (Å²) >= 11 is 12.5. The van der Waals surface area contributed by atoms with Crippen molar-refractivity contribution in [2.45, 2.75) is 33.2 Å². The van der Waals surface area contributed by atoms with Crippen LogP contribution in [0.4, 0.5) is 0 Å². The third-order valence-corrected chi connectivity index (χ3v) is 4.61. The summed E-state index contributed by atoms with van der Waals surface area (Å²) in [6, 6.07) is 6.34. The molecular formula is C16H21Cl2N3. The first kappa shape index (κ1) is 16.3. The fraction of sp³-hybridized carbons (Fsp3) is 0.438. The van der Waals surface area contributed by atoms with Gasteiger partial charge in [0.2, 0.25) is 0 Å². The molecule has 21 heavy (non-hydrogen) atoms. The average Bonchev–Trinajstić information content (AvgIpc) is 2.68. The van der Waals surface area contributed by atoms with Crippen molar-refractivity contribution in [3.05, 3.63) is 50.8 Å². The lowest BCUT2D eigenvalue weighted by molar-refractivity contribution is 0.528. The van der Waals surface area contributed by atoms with E-state index >= 15 is 0 Å². The van der Waals surface area contributed by atoms with Gasteiger partial charge < -0.3 is 5.32 Å². The van der Waals surface area contributed by atoms with E-state index in [1.807, 2.05) is 31.6 Å². The molecule has 2 aromatic rings. The van der Waals surface area contributed by atoms with E-state index in [9.17, 15) is 0 Å². The molecule has 1 unspecified atom stereocenters. The van der Waals surface area contributed by atoms with Crippen molar-refractivity contribution in [3.8, 4) is 0 Å². The van der Waals surface area contributed by atoms with Crippen molar-refractivity contribution < 1.29 is 0 Å². The molecule has 0 aliphatic heterocycles. The molecule has 0 aliphatic rings. The number of aryl methyl sites for hydroxylation is 3. The highest BCUT2D eigenvalue weighted by Crippen LogP contribution is 2.27. The van der Waals surface area contributed by atoms with E-state index < -0.39 is 0 Å². The van der Waals surface area contributed by atoms with Gasteiger partial charge in [0.1, 0.15) is 0 Å². The standard InChI is InChI=1S/C16H21Cl2N3/c1-5-19-14(12-6-7-13(17)10(2)8-12)9-15-16(18)11(3)20-21(15)4/h6-8,14,19H,5,9H2,1-4H3. The van der Waals surface area contributed by atoms with E-state index in [2.05, 4.69) is 29.5 Å². The van der Waals surface area contributed by atoms with Crippen molar-refractivity contribution in [2.75, 3.05) is 6.54 Å². The lowest BCUT2D eigenvalue weighted by Gasteiger charge is -2.19. The van der Waals surface area contributed by atoms with Gasteiger partial charge in [-0.05, 0) is 37.6 Å². The van der Waals surface area contributed by atoms with Crippen LogP contribution in [0, 0.1) is 13.8 Å². The molecule has 0 saturated heterocycles. The molecule has 2 rings (SSSR count). The van der Waals surface area contributed by atoms with Crippen molar-refractivity contribution in [1.82, 2.24) is 15.1 Å². The summed E-state index contributed by atoms with van der Waals surface area (Å²) in [5.74, 6) is 0. The highest BCUT2D eigenvalue weighted by molar-refractivity contribution is 6.32. The third-order valence-electron chi connectivity index (χ3n) is 3.69. The highest BCUT2D eigenvalue weighted by atomic mass is 35.5. The molecule has 0 bridgehead atoms. The second kappa shape index (κ2) is 6.82. The van der Waals surface area contributed by atoms with Crippen LogP contribution in [-0.4, -0.2) is 16.3 Å². The number of hydrogen-bond donors (Lipinski definition) is 1. The Hall–Kier alpha value is -1.03. The normalized spacial score (nSPS) is 12.7. The fourth-order valence-corrected chi connectivity index (χ4v) is 2.89. The minimum absolute atomic E-state index is 0.193. The number of rotatable bonds is 5. The van der Waals surface area contributed by atoms with Gasteiger partial charge in [-0.15, -0.1) is 0 Å². The molecule has 0 aliphatic carbocycles. The molecule has 114 valence electrons. The minimum atomic E-state index is 0.193. The summed E-state index contributed by atoms with van der Waals surface area (Å²) in [7, 11) is 1.93. The van der Waals surface area contributed by atoms with E-state index in [4.69, 9.17) is 23.2 Å². The average molecular weight is 326 g/mol. The Kier molecular flexibility index (Phi) is 5.31. The lowest BCUT2D eigenvalue weighted by atomic mass is 10.00. The molecule has 0 fully saturated rings. The Morgan fingerprint density at radius 1 is 1.29 bits per heavy atom. The molecule has 1 aromatic heterocycles. The minimum Gasteiger partial charge on any atom is -0.310 e. The zero-order valence-corrected chi connectivity index (χ0v) is 14.4. The number of benzene rings is 1. The van der Waals surface area contributed by atoms with Gasteiger partial charge in [0.05, 0.1) is 16.4 Å². The van der Waals surface area contributed by atoms with Gasteiger partial charge in [0.15, 0.2) is 0 Å². The predicted molar refractivity (Wildman–Crippen MR) is 89.3 cm³/mol. The maximum absolute atomic E-state index is 6.37. The summed E-state index contributed by atoms with van der Waals surface area (Å²) in [5.41, 5.74) is 4.22. The molecule has 0 spiro atoms. The number of nitrogens with zero attached hydrogens (tertiary/aromatic N) is 2. The van der Waals surface area contributed by atoms with Gasteiger partial charge in [0, 0.05) is 24.5 Å². The monoisotopic (exact) mass is 325 g/mol. The zero-order valence-electron chi connectivity index (χ0n) is 12.9. The van der Waals surface area contributed by atoms with Crippen molar-refractivity contribution in [2.24, 2.45) is 7.05 Å². The van der Waals surface area contributed by atoms with E-state index in [1.165, 1.54) is 5.56 Å². The summed E-state index contributed by atoms with van der Waals surface area (Å²) in [6.45, 7) is 6.95. The smallest absolute Gasteiger partial charge is 0.0847 e. The molecule has 1 aromatic carbocycles. The Morgan fingerprint density at radius 3 is 2.52 bits per heavy atom. The highest BCUT2D eigenvalue weighted by Gasteiger charge is 2.18. The second-order valence-corrected chi connectivity index (χ2v) is 6.08. The van der Waals surface area contributed by atoms with Crippen molar-refractivity contribution in [3.63, 3.8) is 0 Å². The number of aromatic nitrogens is 2. The van der Waals surface area contributed by atoms with Gasteiger partial charge >= 0.3 is 0 Å². The summed E-state index contributed by atoms with van der Waals surface area (Å²) in [4.78, 5) is 0. The van der Waals surface area contributed by atoms with Crippen LogP contribution in [0.5, 0.6) is 0 Å². The van der Waals surface area contributed by atoms with Crippen LogP contribution in [0.25, 0.3) is 0 Å². The Labute approximate surface area is 136 Å². The van der Waals surface area contributed by atoms with Crippen LogP contribution < -0.4 is 5.32 Å². The van der Waals surface area contributed by atoms with Gasteiger partial charge in [-0.2, -0.15) is 5.10 Å². The van der Waals surface area contributed by atoms with E-state index in [-0.39, 0.29) is 6.04 Å². The zero-order chi connectivity index (χ0) is 15.6. The molecule has 5 heteroatoms. The van der Waals surface area contributed by atoms with Crippen LogP contribution in [-0.2, 0) is 13.5 Å². The fourth-order valence-electron chi connectivity index (χ4n) is 2.53. The van der Waals surface area contributed by atoms with Crippen molar-refractivity contribution in [1.29, 1.82) is 0 Å². The molecule has 1 N–H and O–H groups in total. The number of hydrogen-bond acceptors (Lipinski definition) is 2. The van der Waals surface area contributed by atoms with Crippen LogP contribution in [0.2, 0.25) is 10.0 Å². The first-order chi connectivity index (χ1) is 9.93. The molecule has 1 atom stereocenters. The van der Waals surface area contributed by atoms with Crippen LogP contribution in [0.3, 0.4) is 0 Å². The van der Waals surface area contributed by atoms with Gasteiger partial charge in [0.25, 0.3) is 0 Å².